The van der Waals surface area contributed by atoms with Gasteiger partial charge < -0.3 is 10.1 Å². The Morgan fingerprint density at radius 2 is 2.18 bits per heavy atom. The number of hydrogen-bond donors (Lipinski definition) is 1. The number of rotatable bonds is 7. The van der Waals surface area contributed by atoms with Gasteiger partial charge in [-0.3, -0.25) is 4.68 Å². The number of halogens is 1. The van der Waals surface area contributed by atoms with Crippen LogP contribution in [0.3, 0.4) is 0 Å². The van der Waals surface area contributed by atoms with Crippen molar-refractivity contribution in [2.75, 3.05) is 19.8 Å². The molecule has 0 saturated heterocycles. The van der Waals surface area contributed by atoms with Crippen LogP contribution in [-0.4, -0.2) is 29.5 Å². The summed E-state index contributed by atoms with van der Waals surface area (Å²) in [5.74, 6) is 0.587. The Bertz CT molecular complexity index is 350. The van der Waals surface area contributed by atoms with E-state index in [1.165, 1.54) is 0 Å². The minimum absolute atomic E-state index is 0.587. The molecule has 0 atom stereocenters. The lowest BCUT2D eigenvalue weighted by atomic mass is 10.2. The first-order valence-corrected chi connectivity index (χ1v) is 6.36. The van der Waals surface area contributed by atoms with Gasteiger partial charge in [-0.25, -0.2) is 0 Å². The fraction of sp³-hybridized carbons (Fsp3) is 0.750. The maximum Gasteiger partial charge on any atom is 0.0860 e. The first-order valence-electron chi connectivity index (χ1n) is 5.98. The third-order valence-electron chi connectivity index (χ3n) is 2.43. The van der Waals surface area contributed by atoms with Gasteiger partial charge in [-0.1, -0.05) is 25.4 Å². The van der Waals surface area contributed by atoms with Crippen molar-refractivity contribution in [2.24, 2.45) is 13.0 Å². The van der Waals surface area contributed by atoms with E-state index in [1.54, 1.807) is 0 Å². The third-order valence-corrected chi connectivity index (χ3v) is 2.92. The fourth-order valence-electron chi connectivity index (χ4n) is 1.54. The van der Waals surface area contributed by atoms with E-state index in [2.05, 4.69) is 24.3 Å². The minimum atomic E-state index is 0.587. The highest BCUT2D eigenvalue weighted by Crippen LogP contribution is 2.18. The van der Waals surface area contributed by atoms with E-state index in [4.69, 9.17) is 16.3 Å². The summed E-state index contributed by atoms with van der Waals surface area (Å²) in [7, 11) is 1.91. The predicted molar refractivity (Wildman–Crippen MR) is 70.3 cm³/mol. The van der Waals surface area contributed by atoms with Crippen LogP contribution in [-0.2, 0) is 18.3 Å². The van der Waals surface area contributed by atoms with Crippen molar-refractivity contribution >= 4 is 11.6 Å². The summed E-state index contributed by atoms with van der Waals surface area (Å²) in [4.78, 5) is 0. The zero-order valence-corrected chi connectivity index (χ0v) is 11.8. The summed E-state index contributed by atoms with van der Waals surface area (Å²) in [5, 5.41) is 8.32. The highest BCUT2D eigenvalue weighted by molar-refractivity contribution is 6.31. The third kappa shape index (κ3) is 4.66. The number of ether oxygens (including phenoxy) is 1. The molecule has 0 unspecified atom stereocenters. The van der Waals surface area contributed by atoms with E-state index >= 15 is 0 Å². The molecule has 4 nitrogen and oxygen atoms in total. The summed E-state index contributed by atoms with van der Waals surface area (Å²) in [6.45, 7) is 9.29. The Hall–Kier alpha value is -0.580. The SMILES string of the molecule is Cc1nn(C)c(CNCCOCC(C)C)c1Cl. The van der Waals surface area contributed by atoms with Crippen LogP contribution in [0.25, 0.3) is 0 Å². The van der Waals surface area contributed by atoms with Gasteiger partial charge in [0.05, 0.1) is 23.0 Å². The Labute approximate surface area is 108 Å². The molecule has 0 fully saturated rings. The van der Waals surface area contributed by atoms with Crippen molar-refractivity contribution in [1.29, 1.82) is 0 Å². The molecule has 0 aliphatic heterocycles. The lowest BCUT2D eigenvalue weighted by molar-refractivity contribution is 0.111. The van der Waals surface area contributed by atoms with Crippen LogP contribution < -0.4 is 5.32 Å². The average molecular weight is 260 g/mol. The second-order valence-electron chi connectivity index (χ2n) is 4.62. The monoisotopic (exact) mass is 259 g/mol. The van der Waals surface area contributed by atoms with Gasteiger partial charge in [-0.05, 0) is 12.8 Å². The standard InChI is InChI=1S/C12H22ClN3O/c1-9(2)8-17-6-5-14-7-11-12(13)10(3)15-16(11)4/h9,14H,5-8H2,1-4H3. The van der Waals surface area contributed by atoms with Gasteiger partial charge in [0, 0.05) is 26.7 Å². The van der Waals surface area contributed by atoms with Crippen LogP contribution in [0.1, 0.15) is 25.2 Å². The maximum atomic E-state index is 6.14. The highest BCUT2D eigenvalue weighted by atomic mass is 35.5. The van der Waals surface area contributed by atoms with Gasteiger partial charge in [0.1, 0.15) is 0 Å². The van der Waals surface area contributed by atoms with E-state index < -0.39 is 0 Å². The van der Waals surface area contributed by atoms with Gasteiger partial charge >= 0.3 is 0 Å². The van der Waals surface area contributed by atoms with E-state index in [-0.39, 0.29) is 0 Å². The molecule has 0 amide bonds. The molecule has 1 rings (SSSR count). The first-order chi connectivity index (χ1) is 8.02. The number of nitrogens with zero attached hydrogens (tertiary/aromatic N) is 2. The largest absolute Gasteiger partial charge is 0.380 e. The highest BCUT2D eigenvalue weighted by Gasteiger charge is 2.09. The van der Waals surface area contributed by atoms with Crippen molar-refractivity contribution in [3.63, 3.8) is 0 Å². The predicted octanol–water partition coefficient (Wildman–Crippen LogP) is 2.14. The molecule has 98 valence electrons. The maximum absolute atomic E-state index is 6.14. The second kappa shape index (κ2) is 6.99. The van der Waals surface area contributed by atoms with E-state index in [0.717, 1.165) is 42.7 Å². The van der Waals surface area contributed by atoms with E-state index in [9.17, 15) is 0 Å². The molecule has 0 radical (unpaired) electrons. The van der Waals surface area contributed by atoms with Gasteiger partial charge in [-0.2, -0.15) is 5.10 Å². The molecule has 0 saturated carbocycles. The molecule has 1 N–H and O–H groups in total. The minimum Gasteiger partial charge on any atom is -0.380 e. The lowest BCUT2D eigenvalue weighted by Gasteiger charge is -2.08. The van der Waals surface area contributed by atoms with Gasteiger partial charge in [0.2, 0.25) is 0 Å². The number of nitrogens with one attached hydrogen (secondary N) is 1. The molecular formula is C12H22ClN3O. The second-order valence-corrected chi connectivity index (χ2v) is 4.99. The van der Waals surface area contributed by atoms with Crippen LogP contribution in [0.15, 0.2) is 0 Å². The topological polar surface area (TPSA) is 39.1 Å². The van der Waals surface area contributed by atoms with Gasteiger partial charge in [0.15, 0.2) is 0 Å². The van der Waals surface area contributed by atoms with Gasteiger partial charge in [0.25, 0.3) is 0 Å². The van der Waals surface area contributed by atoms with E-state index in [1.807, 2.05) is 18.7 Å². The van der Waals surface area contributed by atoms with Crippen LogP contribution in [0, 0.1) is 12.8 Å². The van der Waals surface area contributed by atoms with Crippen LogP contribution in [0.2, 0.25) is 5.02 Å². The average Bonchev–Trinajstić information content (AvgIpc) is 2.48. The molecular weight excluding hydrogens is 238 g/mol. The molecule has 0 bridgehead atoms. The zero-order valence-electron chi connectivity index (χ0n) is 11.1. The van der Waals surface area contributed by atoms with Crippen LogP contribution in [0.5, 0.6) is 0 Å². The summed E-state index contributed by atoms with van der Waals surface area (Å²) in [5.41, 5.74) is 1.90. The lowest BCUT2D eigenvalue weighted by Crippen LogP contribution is -2.21. The van der Waals surface area contributed by atoms with E-state index in [0.29, 0.717) is 5.92 Å². The molecule has 17 heavy (non-hydrogen) atoms. The molecule has 1 heterocycles. The molecule has 1 aromatic rings. The van der Waals surface area contributed by atoms with Crippen molar-refractivity contribution in [3.8, 4) is 0 Å². The normalized spacial score (nSPS) is 11.4. The zero-order chi connectivity index (χ0) is 12.8. The number of hydrogen-bond acceptors (Lipinski definition) is 3. The Morgan fingerprint density at radius 1 is 1.47 bits per heavy atom. The molecule has 0 aromatic carbocycles. The van der Waals surface area contributed by atoms with Crippen LogP contribution >= 0.6 is 11.6 Å². The smallest absolute Gasteiger partial charge is 0.0860 e. The summed E-state index contributed by atoms with van der Waals surface area (Å²) in [6, 6.07) is 0. The summed E-state index contributed by atoms with van der Waals surface area (Å²) in [6.07, 6.45) is 0. The molecule has 0 aliphatic rings. The number of aryl methyl sites for hydroxylation is 2. The summed E-state index contributed by atoms with van der Waals surface area (Å²) >= 11 is 6.14. The Morgan fingerprint density at radius 3 is 2.71 bits per heavy atom. The van der Waals surface area contributed by atoms with Crippen molar-refractivity contribution in [2.45, 2.75) is 27.3 Å². The number of aromatic nitrogens is 2. The Kier molecular flexibility index (Phi) is 5.95. The Balaban J connectivity index is 2.22. The first kappa shape index (κ1) is 14.5. The van der Waals surface area contributed by atoms with Crippen molar-refractivity contribution in [1.82, 2.24) is 15.1 Å². The van der Waals surface area contributed by atoms with Gasteiger partial charge in [-0.15, -0.1) is 0 Å². The quantitative estimate of drug-likeness (QED) is 0.763. The molecule has 1 aromatic heterocycles. The van der Waals surface area contributed by atoms with Crippen molar-refractivity contribution < 1.29 is 4.74 Å². The molecule has 5 heteroatoms. The summed E-state index contributed by atoms with van der Waals surface area (Å²) < 4.78 is 7.30. The molecule has 0 spiro atoms. The van der Waals surface area contributed by atoms with Crippen molar-refractivity contribution in [3.05, 3.63) is 16.4 Å². The molecule has 0 aliphatic carbocycles. The fourth-order valence-corrected chi connectivity index (χ4v) is 1.77. The van der Waals surface area contributed by atoms with Crippen LogP contribution in [0.4, 0.5) is 0 Å².